The van der Waals surface area contributed by atoms with Crippen molar-refractivity contribution in [3.63, 3.8) is 0 Å². The van der Waals surface area contributed by atoms with E-state index in [1.54, 1.807) is 0 Å². The highest BCUT2D eigenvalue weighted by Crippen LogP contribution is 2.19. The van der Waals surface area contributed by atoms with Gasteiger partial charge in [0.2, 0.25) is 0 Å². The highest BCUT2D eigenvalue weighted by Gasteiger charge is 2.18. The number of hydrogen-bond acceptors (Lipinski definition) is 3. The molecule has 1 unspecified atom stereocenters. The summed E-state index contributed by atoms with van der Waals surface area (Å²) in [5, 5.41) is 9.99. The number of benzene rings is 1. The van der Waals surface area contributed by atoms with Gasteiger partial charge in [-0.2, -0.15) is 0 Å². The van der Waals surface area contributed by atoms with Gasteiger partial charge in [-0.25, -0.2) is 0 Å². The Morgan fingerprint density at radius 2 is 1.88 bits per heavy atom. The molecule has 1 atom stereocenters. The van der Waals surface area contributed by atoms with Crippen LogP contribution < -0.4 is 5.73 Å². The van der Waals surface area contributed by atoms with E-state index in [1.165, 1.54) is 0 Å². The van der Waals surface area contributed by atoms with Gasteiger partial charge < -0.3 is 15.6 Å². The van der Waals surface area contributed by atoms with Crippen LogP contribution in [-0.4, -0.2) is 17.3 Å². The molecule has 0 aromatic heterocycles. The molecule has 3 N–H and O–H groups in total. The van der Waals surface area contributed by atoms with Gasteiger partial charge in [0.25, 0.3) is 0 Å². The molecule has 1 rings (SSSR count). The number of aliphatic hydroxyl groups is 1. The van der Waals surface area contributed by atoms with Crippen LogP contribution in [0.4, 0.5) is 0 Å². The van der Waals surface area contributed by atoms with Crippen molar-refractivity contribution in [3.05, 3.63) is 35.4 Å². The second-order valence-corrected chi connectivity index (χ2v) is 4.89. The topological polar surface area (TPSA) is 55.5 Å². The molecule has 17 heavy (non-hydrogen) atoms. The third-order valence-corrected chi connectivity index (χ3v) is 3.08. The molecular weight excluding hydrogens is 214 g/mol. The predicted molar refractivity (Wildman–Crippen MR) is 69.6 cm³/mol. The molecule has 0 aliphatic heterocycles. The minimum absolute atomic E-state index is 0.182. The van der Waals surface area contributed by atoms with E-state index >= 15 is 0 Å². The van der Waals surface area contributed by atoms with E-state index in [1.807, 2.05) is 38.1 Å². The minimum Gasteiger partial charge on any atom is -0.386 e. The van der Waals surface area contributed by atoms with Crippen molar-refractivity contribution in [1.82, 2.24) is 0 Å². The molecule has 0 bridgehead atoms. The Balaban J connectivity index is 2.54. The van der Waals surface area contributed by atoms with Gasteiger partial charge in [-0.05, 0) is 31.4 Å². The van der Waals surface area contributed by atoms with Crippen molar-refractivity contribution in [2.45, 2.75) is 45.4 Å². The fraction of sp³-hybridized carbons (Fsp3) is 0.571. The molecule has 0 radical (unpaired) electrons. The fourth-order valence-corrected chi connectivity index (χ4v) is 1.38. The van der Waals surface area contributed by atoms with Crippen LogP contribution in [0.3, 0.4) is 0 Å². The molecule has 1 aromatic carbocycles. The Bertz CT molecular complexity index is 333. The fourth-order valence-electron chi connectivity index (χ4n) is 1.38. The maximum atomic E-state index is 9.99. The number of ether oxygens (including phenoxy) is 1. The standard InChI is InChI=1S/C14H23NO2/c1-4-14(2,3)17-10-13(16)12-7-5-11(9-15)6-8-12/h5-8,13,16H,4,9-10,15H2,1-3H3. The Labute approximate surface area is 104 Å². The van der Waals surface area contributed by atoms with Crippen LogP contribution in [0.5, 0.6) is 0 Å². The quantitative estimate of drug-likeness (QED) is 0.798. The molecular formula is C14H23NO2. The monoisotopic (exact) mass is 237 g/mol. The third-order valence-electron chi connectivity index (χ3n) is 3.08. The zero-order chi connectivity index (χ0) is 12.9. The summed E-state index contributed by atoms with van der Waals surface area (Å²) in [6.45, 7) is 6.97. The number of nitrogens with two attached hydrogens (primary N) is 1. The maximum Gasteiger partial charge on any atom is 0.102 e. The lowest BCUT2D eigenvalue weighted by molar-refractivity contribution is -0.0618. The number of hydrogen-bond donors (Lipinski definition) is 2. The van der Waals surface area contributed by atoms with Crippen LogP contribution >= 0.6 is 0 Å². The summed E-state index contributed by atoms with van der Waals surface area (Å²) < 4.78 is 5.68. The van der Waals surface area contributed by atoms with Gasteiger partial charge >= 0.3 is 0 Å². The lowest BCUT2D eigenvalue weighted by Gasteiger charge is -2.25. The molecule has 0 saturated heterocycles. The summed E-state index contributed by atoms with van der Waals surface area (Å²) >= 11 is 0. The van der Waals surface area contributed by atoms with E-state index in [0.29, 0.717) is 13.2 Å². The molecule has 0 fully saturated rings. The van der Waals surface area contributed by atoms with Crippen molar-refractivity contribution in [2.75, 3.05) is 6.61 Å². The van der Waals surface area contributed by atoms with Crippen LogP contribution in [-0.2, 0) is 11.3 Å². The number of rotatable bonds is 6. The molecule has 0 saturated carbocycles. The number of aliphatic hydroxyl groups excluding tert-OH is 1. The molecule has 3 nitrogen and oxygen atoms in total. The highest BCUT2D eigenvalue weighted by molar-refractivity contribution is 5.24. The normalized spacial score (nSPS) is 13.7. The van der Waals surface area contributed by atoms with Crippen molar-refractivity contribution in [2.24, 2.45) is 5.73 Å². The first-order chi connectivity index (χ1) is 7.98. The average Bonchev–Trinajstić information content (AvgIpc) is 2.36. The van der Waals surface area contributed by atoms with Gasteiger partial charge in [0, 0.05) is 6.54 Å². The van der Waals surface area contributed by atoms with Crippen LogP contribution in [0.2, 0.25) is 0 Å². The van der Waals surface area contributed by atoms with Crippen LogP contribution in [0.15, 0.2) is 24.3 Å². The lowest BCUT2D eigenvalue weighted by atomic mass is 10.1. The molecule has 0 spiro atoms. The Morgan fingerprint density at radius 3 is 2.35 bits per heavy atom. The van der Waals surface area contributed by atoms with Crippen LogP contribution in [0.25, 0.3) is 0 Å². The molecule has 0 amide bonds. The summed E-state index contributed by atoms with van der Waals surface area (Å²) in [4.78, 5) is 0. The Kier molecular flexibility index (Phi) is 5.12. The Morgan fingerprint density at radius 1 is 1.29 bits per heavy atom. The SMILES string of the molecule is CCC(C)(C)OCC(O)c1ccc(CN)cc1. The van der Waals surface area contributed by atoms with Gasteiger partial charge in [0.15, 0.2) is 0 Å². The van der Waals surface area contributed by atoms with Crippen molar-refractivity contribution < 1.29 is 9.84 Å². The predicted octanol–water partition coefficient (Wildman–Crippen LogP) is 2.38. The maximum absolute atomic E-state index is 9.99. The summed E-state index contributed by atoms with van der Waals surface area (Å²) in [5.41, 5.74) is 7.28. The van der Waals surface area contributed by atoms with Crippen LogP contribution in [0.1, 0.15) is 44.4 Å². The zero-order valence-electron chi connectivity index (χ0n) is 10.9. The lowest BCUT2D eigenvalue weighted by Crippen LogP contribution is -2.25. The van der Waals surface area contributed by atoms with Crippen LogP contribution in [0, 0.1) is 0 Å². The first-order valence-electron chi connectivity index (χ1n) is 6.09. The highest BCUT2D eigenvalue weighted by atomic mass is 16.5. The van der Waals surface area contributed by atoms with Crippen molar-refractivity contribution in [1.29, 1.82) is 0 Å². The first-order valence-corrected chi connectivity index (χ1v) is 6.09. The molecule has 3 heteroatoms. The van der Waals surface area contributed by atoms with Crippen molar-refractivity contribution >= 4 is 0 Å². The van der Waals surface area contributed by atoms with Gasteiger partial charge in [0.1, 0.15) is 6.10 Å². The third kappa shape index (κ3) is 4.46. The summed E-state index contributed by atoms with van der Waals surface area (Å²) in [6, 6.07) is 7.66. The smallest absolute Gasteiger partial charge is 0.102 e. The summed E-state index contributed by atoms with van der Waals surface area (Å²) in [5.74, 6) is 0. The molecule has 0 aliphatic rings. The second kappa shape index (κ2) is 6.15. The van der Waals surface area contributed by atoms with Gasteiger partial charge in [-0.15, -0.1) is 0 Å². The second-order valence-electron chi connectivity index (χ2n) is 4.89. The minimum atomic E-state index is -0.576. The van der Waals surface area contributed by atoms with Gasteiger partial charge in [-0.1, -0.05) is 31.2 Å². The molecule has 1 aromatic rings. The molecule has 0 heterocycles. The average molecular weight is 237 g/mol. The van der Waals surface area contributed by atoms with E-state index in [0.717, 1.165) is 17.5 Å². The van der Waals surface area contributed by atoms with Gasteiger partial charge in [0.05, 0.1) is 12.2 Å². The summed E-state index contributed by atoms with van der Waals surface area (Å²) in [7, 11) is 0. The summed E-state index contributed by atoms with van der Waals surface area (Å²) in [6.07, 6.45) is 0.346. The van der Waals surface area contributed by atoms with E-state index in [9.17, 15) is 5.11 Å². The molecule has 96 valence electrons. The zero-order valence-corrected chi connectivity index (χ0v) is 10.9. The van der Waals surface area contributed by atoms with Gasteiger partial charge in [-0.3, -0.25) is 0 Å². The molecule has 0 aliphatic carbocycles. The Hall–Kier alpha value is -0.900. The largest absolute Gasteiger partial charge is 0.386 e. The van der Waals surface area contributed by atoms with E-state index in [4.69, 9.17) is 10.5 Å². The van der Waals surface area contributed by atoms with E-state index < -0.39 is 6.10 Å². The van der Waals surface area contributed by atoms with E-state index in [2.05, 4.69) is 6.92 Å². The first kappa shape index (κ1) is 14.2. The van der Waals surface area contributed by atoms with Crippen molar-refractivity contribution in [3.8, 4) is 0 Å². The van der Waals surface area contributed by atoms with E-state index in [-0.39, 0.29) is 5.60 Å².